The number of amides is 1. The second-order valence-corrected chi connectivity index (χ2v) is 6.63. The van der Waals surface area contributed by atoms with Crippen LogP contribution in [0.2, 0.25) is 0 Å². The highest BCUT2D eigenvalue weighted by atomic mass is 16.5. The van der Waals surface area contributed by atoms with Gasteiger partial charge in [0.2, 0.25) is 0 Å². The van der Waals surface area contributed by atoms with Crippen molar-refractivity contribution in [2.45, 2.75) is 26.4 Å². The molecule has 30 heavy (non-hydrogen) atoms. The number of aryl methyl sites for hydroxylation is 1. The summed E-state index contributed by atoms with van der Waals surface area (Å²) >= 11 is 0. The van der Waals surface area contributed by atoms with Gasteiger partial charge in [0.25, 0.3) is 11.5 Å². The molecule has 0 aliphatic heterocycles. The molecule has 3 rings (SSSR count). The van der Waals surface area contributed by atoms with Crippen molar-refractivity contribution >= 4 is 22.6 Å². The average molecular weight is 409 g/mol. The monoisotopic (exact) mass is 409 g/mol. The van der Waals surface area contributed by atoms with Gasteiger partial charge < -0.3 is 14.8 Å². The number of rotatable bonds is 7. The van der Waals surface area contributed by atoms with Crippen molar-refractivity contribution in [1.29, 1.82) is 0 Å². The largest absolute Gasteiger partial charge is 0.496 e. The Morgan fingerprint density at radius 1 is 1.10 bits per heavy atom. The highest BCUT2D eigenvalue weighted by Gasteiger charge is 2.17. The lowest BCUT2D eigenvalue weighted by Crippen LogP contribution is -2.30. The van der Waals surface area contributed by atoms with Crippen LogP contribution in [0.25, 0.3) is 10.8 Å². The fourth-order valence-corrected chi connectivity index (χ4v) is 3.17. The van der Waals surface area contributed by atoms with Crippen LogP contribution in [-0.2, 0) is 17.8 Å². The Morgan fingerprint density at radius 3 is 2.50 bits per heavy atom. The molecule has 0 aliphatic carbocycles. The minimum absolute atomic E-state index is 0.162. The summed E-state index contributed by atoms with van der Waals surface area (Å²) in [7, 11) is 2.75. The summed E-state index contributed by atoms with van der Waals surface area (Å²) in [6, 6.07) is 11.9. The summed E-state index contributed by atoms with van der Waals surface area (Å²) in [5, 5.41) is 8.04. The minimum atomic E-state index is -0.528. The highest BCUT2D eigenvalue weighted by Crippen LogP contribution is 2.21. The van der Waals surface area contributed by atoms with E-state index in [4.69, 9.17) is 9.47 Å². The van der Waals surface area contributed by atoms with Crippen molar-refractivity contribution in [2.75, 3.05) is 14.2 Å². The van der Waals surface area contributed by atoms with Crippen LogP contribution >= 0.6 is 0 Å². The predicted molar refractivity (Wildman–Crippen MR) is 112 cm³/mol. The van der Waals surface area contributed by atoms with Crippen molar-refractivity contribution in [3.8, 4) is 5.75 Å². The molecule has 2 aromatic carbocycles. The van der Waals surface area contributed by atoms with Gasteiger partial charge in [-0.2, -0.15) is 5.10 Å². The van der Waals surface area contributed by atoms with Crippen molar-refractivity contribution < 1.29 is 19.1 Å². The first-order chi connectivity index (χ1) is 14.5. The number of carbonyl (C=O) groups is 2. The van der Waals surface area contributed by atoms with Gasteiger partial charge in [-0.05, 0) is 30.2 Å². The molecule has 0 fully saturated rings. The number of esters is 1. The molecule has 8 nitrogen and oxygen atoms in total. The Labute approximate surface area is 173 Å². The molecule has 0 aliphatic rings. The first-order valence-electron chi connectivity index (χ1n) is 9.53. The number of ether oxygens (including phenoxy) is 2. The van der Waals surface area contributed by atoms with Crippen molar-refractivity contribution in [3.05, 3.63) is 69.6 Å². The number of nitrogens with zero attached hydrogens (tertiary/aromatic N) is 2. The lowest BCUT2D eigenvalue weighted by molar-refractivity contribution is 0.0597. The molecular formula is C22H23N3O5. The molecule has 0 bridgehead atoms. The number of nitrogens with one attached hydrogen (secondary N) is 1. The maximum absolute atomic E-state index is 12.9. The zero-order chi connectivity index (χ0) is 21.7. The van der Waals surface area contributed by atoms with E-state index >= 15 is 0 Å². The zero-order valence-electron chi connectivity index (χ0n) is 17.1. The molecule has 0 saturated carbocycles. The number of methoxy groups -OCH3 is 2. The summed E-state index contributed by atoms with van der Waals surface area (Å²) in [6.07, 6.45) is 0.717. The Hall–Kier alpha value is -3.68. The minimum Gasteiger partial charge on any atom is -0.496 e. The lowest BCUT2D eigenvalue weighted by Gasteiger charge is -2.12. The van der Waals surface area contributed by atoms with E-state index in [0.29, 0.717) is 35.1 Å². The smallest absolute Gasteiger partial charge is 0.341 e. The van der Waals surface area contributed by atoms with Crippen LogP contribution in [-0.4, -0.2) is 35.9 Å². The normalized spacial score (nSPS) is 10.6. The summed E-state index contributed by atoms with van der Waals surface area (Å²) < 4.78 is 11.3. The van der Waals surface area contributed by atoms with Gasteiger partial charge in [0.05, 0.1) is 19.6 Å². The summed E-state index contributed by atoms with van der Waals surface area (Å²) in [5.74, 6) is -0.554. The molecule has 0 atom stereocenters. The van der Waals surface area contributed by atoms with E-state index in [-0.39, 0.29) is 23.4 Å². The number of benzene rings is 2. The molecule has 0 saturated heterocycles. The number of fused-ring (bicyclic) bond motifs is 1. The quantitative estimate of drug-likeness (QED) is 0.602. The maximum atomic E-state index is 12.9. The van der Waals surface area contributed by atoms with Gasteiger partial charge in [0, 0.05) is 18.5 Å². The zero-order valence-corrected chi connectivity index (χ0v) is 17.1. The van der Waals surface area contributed by atoms with Gasteiger partial charge in [-0.25, -0.2) is 9.48 Å². The van der Waals surface area contributed by atoms with Gasteiger partial charge in [-0.1, -0.05) is 31.2 Å². The SMILES string of the molecule is CCCn1nc(C(=O)NCc2ccc(OC)c(C(=O)OC)c2)c2ccccc2c1=O. The summed E-state index contributed by atoms with van der Waals surface area (Å²) in [6.45, 7) is 2.52. The van der Waals surface area contributed by atoms with E-state index in [1.54, 1.807) is 42.5 Å². The van der Waals surface area contributed by atoms with E-state index in [2.05, 4.69) is 10.4 Å². The number of carbonyl (C=O) groups excluding carboxylic acids is 2. The first-order valence-corrected chi connectivity index (χ1v) is 9.53. The van der Waals surface area contributed by atoms with Gasteiger partial charge in [-0.15, -0.1) is 0 Å². The van der Waals surface area contributed by atoms with Gasteiger partial charge >= 0.3 is 5.97 Å². The maximum Gasteiger partial charge on any atom is 0.341 e. The van der Waals surface area contributed by atoms with Crippen LogP contribution in [0.3, 0.4) is 0 Å². The third kappa shape index (κ3) is 4.17. The van der Waals surface area contributed by atoms with Gasteiger partial charge in [0.15, 0.2) is 5.69 Å². The Morgan fingerprint density at radius 2 is 1.83 bits per heavy atom. The molecule has 1 heterocycles. The standard InChI is InChI=1S/C22H23N3O5/c1-4-11-25-21(27)16-8-6-5-7-15(16)19(24-25)20(26)23-13-14-9-10-18(29-2)17(12-14)22(28)30-3/h5-10,12H,4,11,13H2,1-3H3,(H,23,26). The summed E-state index contributed by atoms with van der Waals surface area (Å²) in [4.78, 5) is 37.4. The Kier molecular flexibility index (Phi) is 6.46. The van der Waals surface area contributed by atoms with Crippen molar-refractivity contribution in [3.63, 3.8) is 0 Å². The third-order valence-corrected chi connectivity index (χ3v) is 4.64. The second kappa shape index (κ2) is 9.21. The van der Waals surface area contributed by atoms with Crippen LogP contribution in [0.5, 0.6) is 5.75 Å². The third-order valence-electron chi connectivity index (χ3n) is 4.64. The van der Waals surface area contributed by atoms with E-state index in [1.165, 1.54) is 18.9 Å². The first kappa shape index (κ1) is 21.0. The molecule has 3 aromatic rings. The summed E-state index contributed by atoms with van der Waals surface area (Å²) in [5.41, 5.74) is 0.921. The topological polar surface area (TPSA) is 99.5 Å². The van der Waals surface area contributed by atoms with E-state index < -0.39 is 11.9 Å². The number of aromatic nitrogens is 2. The molecule has 1 aromatic heterocycles. The van der Waals surface area contributed by atoms with Gasteiger partial charge in [-0.3, -0.25) is 9.59 Å². The van der Waals surface area contributed by atoms with Crippen LogP contribution in [0.1, 0.15) is 39.8 Å². The van der Waals surface area contributed by atoms with Crippen molar-refractivity contribution in [1.82, 2.24) is 15.1 Å². The number of hydrogen-bond acceptors (Lipinski definition) is 6. The predicted octanol–water partition coefficient (Wildman–Crippen LogP) is 2.53. The van der Waals surface area contributed by atoms with Crippen LogP contribution < -0.4 is 15.6 Å². The van der Waals surface area contributed by atoms with Crippen molar-refractivity contribution in [2.24, 2.45) is 0 Å². The highest BCUT2D eigenvalue weighted by molar-refractivity contribution is 6.04. The second-order valence-electron chi connectivity index (χ2n) is 6.63. The molecule has 1 N–H and O–H groups in total. The van der Waals surface area contributed by atoms with Crippen LogP contribution in [0.15, 0.2) is 47.3 Å². The van der Waals surface area contributed by atoms with Crippen LogP contribution in [0.4, 0.5) is 0 Å². The molecule has 1 amide bonds. The molecule has 0 radical (unpaired) electrons. The Balaban J connectivity index is 1.90. The lowest BCUT2D eigenvalue weighted by atomic mass is 10.1. The van der Waals surface area contributed by atoms with E-state index in [1.807, 2.05) is 6.92 Å². The van der Waals surface area contributed by atoms with Gasteiger partial charge in [0.1, 0.15) is 11.3 Å². The fraction of sp³-hybridized carbons (Fsp3) is 0.273. The van der Waals surface area contributed by atoms with E-state index in [9.17, 15) is 14.4 Å². The van der Waals surface area contributed by atoms with E-state index in [0.717, 1.165) is 0 Å². The molecular weight excluding hydrogens is 386 g/mol. The fourth-order valence-electron chi connectivity index (χ4n) is 3.17. The van der Waals surface area contributed by atoms with Crippen LogP contribution in [0, 0.1) is 0 Å². The average Bonchev–Trinajstić information content (AvgIpc) is 2.78. The Bertz CT molecular complexity index is 1150. The molecule has 0 unspecified atom stereocenters. The molecule has 0 spiro atoms. The molecule has 156 valence electrons. The molecule has 8 heteroatoms. The number of hydrogen-bond donors (Lipinski definition) is 1.